The average molecular weight is 240 g/mol. The zero-order valence-corrected chi connectivity index (χ0v) is 12.2. The molecule has 0 saturated heterocycles. The van der Waals surface area contributed by atoms with Crippen molar-refractivity contribution in [1.82, 2.24) is 10.3 Å². The van der Waals surface area contributed by atoms with Crippen molar-refractivity contribution in [3.05, 3.63) is 16.1 Å². The van der Waals surface area contributed by atoms with Crippen molar-refractivity contribution in [2.45, 2.75) is 60.0 Å². The van der Waals surface area contributed by atoms with E-state index in [1.165, 1.54) is 4.88 Å². The van der Waals surface area contributed by atoms with Crippen LogP contribution in [0.1, 0.15) is 51.6 Å². The van der Waals surface area contributed by atoms with E-state index in [9.17, 15) is 0 Å². The second kappa shape index (κ2) is 4.84. The molecule has 0 spiro atoms. The van der Waals surface area contributed by atoms with Crippen LogP contribution in [-0.4, -0.2) is 10.5 Å². The molecule has 0 atom stereocenters. The Morgan fingerprint density at radius 3 is 2.31 bits per heavy atom. The molecule has 16 heavy (non-hydrogen) atoms. The topological polar surface area (TPSA) is 24.9 Å². The van der Waals surface area contributed by atoms with E-state index in [1.54, 1.807) is 11.3 Å². The molecule has 0 aromatic carbocycles. The Balaban J connectivity index is 2.51. The second-order valence-corrected chi connectivity index (χ2v) is 7.28. The fourth-order valence-corrected chi connectivity index (χ4v) is 2.92. The smallest absolute Gasteiger partial charge is 0.0798 e. The Morgan fingerprint density at radius 1 is 1.25 bits per heavy atom. The first-order valence-electron chi connectivity index (χ1n) is 5.84. The molecule has 1 heterocycles. The van der Waals surface area contributed by atoms with Gasteiger partial charge in [-0.25, -0.2) is 4.98 Å². The van der Waals surface area contributed by atoms with Crippen LogP contribution in [0.5, 0.6) is 0 Å². The van der Waals surface area contributed by atoms with Crippen molar-refractivity contribution < 1.29 is 0 Å². The van der Waals surface area contributed by atoms with E-state index in [0.29, 0.717) is 5.41 Å². The molecule has 0 aliphatic carbocycles. The number of hydrogen-bond acceptors (Lipinski definition) is 3. The van der Waals surface area contributed by atoms with Crippen LogP contribution in [0, 0.1) is 12.3 Å². The van der Waals surface area contributed by atoms with Gasteiger partial charge in [-0.1, -0.05) is 20.8 Å². The summed E-state index contributed by atoms with van der Waals surface area (Å²) in [7, 11) is 0. The van der Waals surface area contributed by atoms with Crippen LogP contribution in [-0.2, 0) is 6.54 Å². The molecular weight excluding hydrogens is 216 g/mol. The second-order valence-electron chi connectivity index (χ2n) is 6.34. The van der Waals surface area contributed by atoms with Crippen molar-refractivity contribution in [2.24, 2.45) is 5.41 Å². The van der Waals surface area contributed by atoms with Gasteiger partial charge in [-0.15, -0.1) is 11.3 Å². The molecule has 1 aromatic rings. The van der Waals surface area contributed by atoms with Gasteiger partial charge in [0.25, 0.3) is 0 Å². The number of nitrogens with one attached hydrogen (secondary N) is 1. The largest absolute Gasteiger partial charge is 0.307 e. The van der Waals surface area contributed by atoms with E-state index in [1.807, 2.05) is 5.51 Å². The maximum atomic E-state index is 4.27. The maximum absolute atomic E-state index is 4.27. The molecule has 0 aliphatic heterocycles. The van der Waals surface area contributed by atoms with Crippen molar-refractivity contribution in [1.29, 1.82) is 0 Å². The lowest BCUT2D eigenvalue weighted by Crippen LogP contribution is -2.41. The first-order valence-corrected chi connectivity index (χ1v) is 6.72. The van der Waals surface area contributed by atoms with Gasteiger partial charge < -0.3 is 5.32 Å². The number of rotatable bonds is 4. The van der Waals surface area contributed by atoms with Gasteiger partial charge in [0.1, 0.15) is 0 Å². The third kappa shape index (κ3) is 4.62. The molecule has 2 nitrogen and oxygen atoms in total. The minimum Gasteiger partial charge on any atom is -0.307 e. The molecule has 3 heteroatoms. The van der Waals surface area contributed by atoms with Gasteiger partial charge >= 0.3 is 0 Å². The summed E-state index contributed by atoms with van der Waals surface area (Å²) in [5, 5.41) is 3.63. The number of thiazole rings is 1. The third-order valence-corrected chi connectivity index (χ3v) is 3.48. The Labute approximate surface area is 103 Å². The summed E-state index contributed by atoms with van der Waals surface area (Å²) in [5.74, 6) is 0. The number of hydrogen-bond donors (Lipinski definition) is 1. The minimum absolute atomic E-state index is 0.175. The summed E-state index contributed by atoms with van der Waals surface area (Å²) in [6.07, 6.45) is 1.16. The standard InChI is InChI=1S/C13H24N2S/c1-10-11(16-9-14-10)7-15-13(5,6)8-12(2,3)4/h9,15H,7-8H2,1-6H3. The predicted molar refractivity (Wildman–Crippen MR) is 71.8 cm³/mol. The zero-order chi connectivity index (χ0) is 12.4. The monoisotopic (exact) mass is 240 g/mol. The Kier molecular flexibility index (Phi) is 4.13. The van der Waals surface area contributed by atoms with Crippen LogP contribution >= 0.6 is 11.3 Å². The van der Waals surface area contributed by atoms with E-state index < -0.39 is 0 Å². The average Bonchev–Trinajstić information content (AvgIpc) is 2.43. The fourth-order valence-electron chi connectivity index (χ4n) is 2.20. The van der Waals surface area contributed by atoms with Crippen LogP contribution in [0.25, 0.3) is 0 Å². The third-order valence-electron chi connectivity index (χ3n) is 2.54. The lowest BCUT2D eigenvalue weighted by molar-refractivity contribution is 0.241. The summed E-state index contributed by atoms with van der Waals surface area (Å²) in [6, 6.07) is 0. The SMILES string of the molecule is Cc1ncsc1CNC(C)(C)CC(C)(C)C. The first kappa shape index (κ1) is 13.7. The van der Waals surface area contributed by atoms with Crippen LogP contribution < -0.4 is 5.32 Å². The number of nitrogens with zero attached hydrogens (tertiary/aromatic N) is 1. The normalized spacial score (nSPS) is 13.1. The molecule has 0 fully saturated rings. The minimum atomic E-state index is 0.175. The van der Waals surface area contributed by atoms with Gasteiger partial charge in [0.15, 0.2) is 0 Å². The Hall–Kier alpha value is -0.410. The molecule has 0 saturated carbocycles. The van der Waals surface area contributed by atoms with E-state index in [4.69, 9.17) is 0 Å². The molecule has 1 N–H and O–H groups in total. The molecule has 0 bridgehead atoms. The van der Waals surface area contributed by atoms with E-state index in [-0.39, 0.29) is 5.54 Å². The van der Waals surface area contributed by atoms with E-state index in [0.717, 1.165) is 18.7 Å². The van der Waals surface area contributed by atoms with Crippen molar-refractivity contribution in [2.75, 3.05) is 0 Å². The van der Waals surface area contributed by atoms with Crippen LogP contribution in [0.4, 0.5) is 0 Å². The van der Waals surface area contributed by atoms with Crippen LogP contribution in [0.15, 0.2) is 5.51 Å². The molecule has 1 aromatic heterocycles. The molecule has 0 amide bonds. The molecule has 0 aliphatic rings. The van der Waals surface area contributed by atoms with Crippen molar-refractivity contribution >= 4 is 11.3 Å². The van der Waals surface area contributed by atoms with Gasteiger partial charge in [-0.05, 0) is 32.6 Å². The van der Waals surface area contributed by atoms with Gasteiger partial charge in [0.05, 0.1) is 11.2 Å². The molecule has 1 rings (SSSR count). The van der Waals surface area contributed by atoms with E-state index in [2.05, 4.69) is 51.8 Å². The number of aromatic nitrogens is 1. The van der Waals surface area contributed by atoms with E-state index >= 15 is 0 Å². The summed E-state index contributed by atoms with van der Waals surface area (Å²) in [6.45, 7) is 14.4. The summed E-state index contributed by atoms with van der Waals surface area (Å²) in [4.78, 5) is 5.62. The Bertz CT molecular complexity index is 334. The van der Waals surface area contributed by atoms with Gasteiger partial charge in [0.2, 0.25) is 0 Å². The highest BCUT2D eigenvalue weighted by atomic mass is 32.1. The first-order chi connectivity index (χ1) is 7.20. The van der Waals surface area contributed by atoms with Gasteiger partial charge in [-0.2, -0.15) is 0 Å². The van der Waals surface area contributed by atoms with Gasteiger partial charge in [0, 0.05) is 17.0 Å². The highest BCUT2D eigenvalue weighted by Crippen LogP contribution is 2.27. The predicted octanol–water partition coefficient (Wildman–Crippen LogP) is 3.76. The molecule has 92 valence electrons. The molecule has 0 unspecified atom stereocenters. The van der Waals surface area contributed by atoms with Crippen molar-refractivity contribution in [3.63, 3.8) is 0 Å². The quantitative estimate of drug-likeness (QED) is 0.867. The van der Waals surface area contributed by atoms with Crippen molar-refractivity contribution in [3.8, 4) is 0 Å². The summed E-state index contributed by atoms with van der Waals surface area (Å²) < 4.78 is 0. The fraction of sp³-hybridized carbons (Fsp3) is 0.769. The Morgan fingerprint density at radius 2 is 1.88 bits per heavy atom. The summed E-state index contributed by atoms with van der Waals surface area (Å²) >= 11 is 1.73. The lowest BCUT2D eigenvalue weighted by Gasteiger charge is -2.33. The van der Waals surface area contributed by atoms with Crippen LogP contribution in [0.2, 0.25) is 0 Å². The lowest BCUT2D eigenvalue weighted by atomic mass is 9.82. The number of aryl methyl sites for hydroxylation is 1. The zero-order valence-electron chi connectivity index (χ0n) is 11.3. The van der Waals surface area contributed by atoms with Gasteiger partial charge in [-0.3, -0.25) is 0 Å². The highest BCUT2D eigenvalue weighted by Gasteiger charge is 2.24. The molecule has 0 radical (unpaired) electrons. The summed E-state index contributed by atoms with van der Waals surface area (Å²) in [5.41, 5.74) is 3.61. The maximum Gasteiger partial charge on any atom is 0.0798 e. The van der Waals surface area contributed by atoms with Crippen LogP contribution in [0.3, 0.4) is 0 Å². The highest BCUT2D eigenvalue weighted by molar-refractivity contribution is 7.09. The molecular formula is C13H24N2S.